The predicted molar refractivity (Wildman–Crippen MR) is 123 cm³/mol. The lowest BCUT2D eigenvalue weighted by atomic mass is 10.1. The summed E-state index contributed by atoms with van der Waals surface area (Å²) in [4.78, 5) is 6.34. The Bertz CT molecular complexity index is 974. The molecule has 0 aliphatic carbocycles. The van der Waals surface area contributed by atoms with Gasteiger partial charge in [-0.1, -0.05) is 26.0 Å². The molecular weight excluding hydrogens is 394 g/mol. The van der Waals surface area contributed by atoms with Crippen molar-refractivity contribution < 1.29 is 4.74 Å². The van der Waals surface area contributed by atoms with E-state index in [-0.39, 0.29) is 6.04 Å². The van der Waals surface area contributed by atoms with Crippen molar-refractivity contribution in [2.24, 2.45) is 0 Å². The number of rotatable bonds is 10. The van der Waals surface area contributed by atoms with Crippen molar-refractivity contribution >= 4 is 17.4 Å². The predicted octanol–water partition coefficient (Wildman–Crippen LogP) is 5.94. The summed E-state index contributed by atoms with van der Waals surface area (Å²) in [5.41, 5.74) is 3.19. The Hall–Kier alpha value is -2.54. The second-order valence-electron chi connectivity index (χ2n) is 7.96. The van der Waals surface area contributed by atoms with Crippen LogP contribution in [0.1, 0.15) is 75.2 Å². The lowest BCUT2D eigenvalue weighted by Gasteiger charge is -2.06. The molecule has 160 valence electrons. The van der Waals surface area contributed by atoms with Gasteiger partial charge in [-0.05, 0) is 62.9 Å². The summed E-state index contributed by atoms with van der Waals surface area (Å²) in [5, 5.41) is 16.2. The van der Waals surface area contributed by atoms with E-state index in [1.54, 1.807) is 23.2 Å². The minimum absolute atomic E-state index is 0.185. The van der Waals surface area contributed by atoms with Crippen LogP contribution in [0.2, 0.25) is 0 Å². The highest BCUT2D eigenvalue weighted by atomic mass is 32.1. The Morgan fingerprint density at radius 1 is 1.17 bits per heavy atom. The summed E-state index contributed by atoms with van der Waals surface area (Å²) in [6.07, 6.45) is 8.68. The second-order valence-corrected chi connectivity index (χ2v) is 8.85. The number of methoxy groups -OCH3 is 1. The molecule has 30 heavy (non-hydrogen) atoms. The number of allylic oxidation sites excluding steroid dienone is 1. The highest BCUT2D eigenvalue weighted by molar-refractivity contribution is 7.09. The lowest BCUT2D eigenvalue weighted by Crippen LogP contribution is -2.04. The van der Waals surface area contributed by atoms with Gasteiger partial charge in [-0.2, -0.15) is 4.80 Å². The van der Waals surface area contributed by atoms with Crippen molar-refractivity contribution in [3.63, 3.8) is 0 Å². The third-order valence-electron chi connectivity index (χ3n) is 4.79. The van der Waals surface area contributed by atoms with Gasteiger partial charge in [0.25, 0.3) is 0 Å². The molecule has 3 aromatic rings. The largest absolute Gasteiger partial charge is 0.496 e. The first kappa shape index (κ1) is 22.2. The average molecular weight is 426 g/mol. The molecule has 0 aliphatic heterocycles. The SMILES string of the molecule is COc1ccc(-c2nnn(C(C)C)n2)cc1/C=C/CCCCc1csc(C(C)C)n1. The Balaban J connectivity index is 1.56. The maximum absolute atomic E-state index is 5.52. The van der Waals surface area contributed by atoms with E-state index in [1.807, 2.05) is 26.0 Å². The third kappa shape index (κ3) is 5.75. The van der Waals surface area contributed by atoms with Gasteiger partial charge in [0.05, 0.1) is 23.9 Å². The normalized spacial score (nSPS) is 11.8. The van der Waals surface area contributed by atoms with Crippen LogP contribution in [0.5, 0.6) is 5.75 Å². The highest BCUT2D eigenvalue weighted by Crippen LogP contribution is 2.26. The molecule has 0 atom stereocenters. The van der Waals surface area contributed by atoms with E-state index in [0.717, 1.165) is 42.6 Å². The van der Waals surface area contributed by atoms with Crippen molar-refractivity contribution in [1.29, 1.82) is 0 Å². The molecule has 0 radical (unpaired) electrons. The van der Waals surface area contributed by atoms with Crippen LogP contribution in [0, 0.1) is 0 Å². The quantitative estimate of drug-likeness (QED) is 0.376. The number of unbranched alkanes of at least 4 members (excludes halogenated alkanes) is 2. The molecule has 6 nitrogen and oxygen atoms in total. The summed E-state index contributed by atoms with van der Waals surface area (Å²) in [5.74, 6) is 1.99. The molecule has 0 N–H and O–H groups in total. The Morgan fingerprint density at radius 3 is 2.67 bits per heavy atom. The zero-order valence-corrected chi connectivity index (χ0v) is 19.3. The third-order valence-corrected chi connectivity index (χ3v) is 5.99. The van der Waals surface area contributed by atoms with Gasteiger partial charge < -0.3 is 4.74 Å². The number of thiazole rings is 1. The van der Waals surface area contributed by atoms with Crippen molar-refractivity contribution in [1.82, 2.24) is 25.2 Å². The van der Waals surface area contributed by atoms with Crippen LogP contribution in [-0.4, -0.2) is 32.3 Å². The molecule has 2 aromatic heterocycles. The standard InChI is InChI=1S/C23H31N5OS/c1-16(2)23-24-20(15-30-23)11-9-7-6-8-10-18-14-19(12-13-21(18)29-5)22-25-27-28(26-22)17(3)4/h8,10,12-17H,6-7,9,11H2,1-5H3/b10-8+. The molecule has 0 unspecified atom stereocenters. The molecule has 0 amide bonds. The topological polar surface area (TPSA) is 65.7 Å². The Labute approximate surface area is 183 Å². The Kier molecular flexibility index (Phi) is 7.74. The molecule has 7 heteroatoms. The van der Waals surface area contributed by atoms with Crippen LogP contribution in [0.3, 0.4) is 0 Å². The molecular formula is C23H31N5OS. The van der Waals surface area contributed by atoms with Gasteiger partial charge in [0.1, 0.15) is 5.75 Å². The maximum Gasteiger partial charge on any atom is 0.204 e. The van der Waals surface area contributed by atoms with Crippen molar-refractivity contribution in [2.45, 2.75) is 65.3 Å². The van der Waals surface area contributed by atoms with Crippen LogP contribution in [0.4, 0.5) is 0 Å². The van der Waals surface area contributed by atoms with Gasteiger partial charge in [-0.15, -0.1) is 21.5 Å². The van der Waals surface area contributed by atoms with E-state index in [4.69, 9.17) is 9.72 Å². The van der Waals surface area contributed by atoms with E-state index < -0.39 is 0 Å². The summed E-state index contributed by atoms with van der Waals surface area (Å²) < 4.78 is 5.52. The number of hydrogen-bond acceptors (Lipinski definition) is 6. The molecule has 3 rings (SSSR count). The van der Waals surface area contributed by atoms with Crippen molar-refractivity contribution in [2.75, 3.05) is 7.11 Å². The molecule has 0 bridgehead atoms. The fourth-order valence-electron chi connectivity index (χ4n) is 3.04. The van der Waals surface area contributed by atoms with Crippen LogP contribution in [-0.2, 0) is 6.42 Å². The fraction of sp³-hybridized carbons (Fsp3) is 0.478. The first-order chi connectivity index (χ1) is 14.5. The number of nitrogens with zero attached hydrogens (tertiary/aromatic N) is 5. The summed E-state index contributed by atoms with van der Waals surface area (Å²) in [7, 11) is 1.69. The highest BCUT2D eigenvalue weighted by Gasteiger charge is 2.10. The monoisotopic (exact) mass is 425 g/mol. The zero-order chi connectivity index (χ0) is 21.5. The molecule has 2 heterocycles. The number of tetrazole rings is 1. The van der Waals surface area contributed by atoms with Crippen LogP contribution in [0.15, 0.2) is 29.7 Å². The number of aryl methyl sites for hydroxylation is 1. The smallest absolute Gasteiger partial charge is 0.204 e. The van der Waals surface area contributed by atoms with Gasteiger partial charge in [-0.3, -0.25) is 0 Å². The van der Waals surface area contributed by atoms with E-state index >= 15 is 0 Å². The van der Waals surface area contributed by atoms with Crippen LogP contribution in [0.25, 0.3) is 17.5 Å². The summed E-state index contributed by atoms with van der Waals surface area (Å²) in [6, 6.07) is 6.17. The fourth-order valence-corrected chi connectivity index (χ4v) is 3.91. The zero-order valence-electron chi connectivity index (χ0n) is 18.5. The maximum atomic E-state index is 5.52. The van der Waals surface area contributed by atoms with E-state index in [0.29, 0.717) is 11.7 Å². The lowest BCUT2D eigenvalue weighted by molar-refractivity contribution is 0.414. The molecule has 0 aliphatic rings. The molecule has 0 saturated heterocycles. The molecule has 0 fully saturated rings. The minimum atomic E-state index is 0.185. The average Bonchev–Trinajstić information content (AvgIpc) is 3.40. The number of hydrogen-bond donors (Lipinski definition) is 0. The number of aromatic nitrogens is 5. The van der Waals surface area contributed by atoms with Gasteiger partial charge in [0.15, 0.2) is 0 Å². The van der Waals surface area contributed by atoms with Gasteiger partial charge in [-0.25, -0.2) is 4.98 Å². The van der Waals surface area contributed by atoms with E-state index in [9.17, 15) is 0 Å². The summed E-state index contributed by atoms with van der Waals surface area (Å²) >= 11 is 1.77. The number of benzene rings is 1. The summed E-state index contributed by atoms with van der Waals surface area (Å²) in [6.45, 7) is 8.45. The minimum Gasteiger partial charge on any atom is -0.496 e. The molecule has 0 spiro atoms. The van der Waals surface area contributed by atoms with Gasteiger partial charge >= 0.3 is 0 Å². The first-order valence-electron chi connectivity index (χ1n) is 10.6. The van der Waals surface area contributed by atoms with Gasteiger partial charge in [0, 0.05) is 22.4 Å². The van der Waals surface area contributed by atoms with Crippen LogP contribution >= 0.6 is 11.3 Å². The molecule has 1 aromatic carbocycles. The number of ether oxygens (including phenoxy) is 1. The van der Waals surface area contributed by atoms with Crippen LogP contribution < -0.4 is 4.74 Å². The van der Waals surface area contributed by atoms with E-state index in [2.05, 4.69) is 52.9 Å². The molecule has 0 saturated carbocycles. The van der Waals surface area contributed by atoms with E-state index in [1.165, 1.54) is 10.7 Å². The second kappa shape index (κ2) is 10.5. The van der Waals surface area contributed by atoms with Gasteiger partial charge in [0.2, 0.25) is 5.82 Å². The first-order valence-corrected chi connectivity index (χ1v) is 11.4. The Morgan fingerprint density at radius 2 is 2.00 bits per heavy atom. The van der Waals surface area contributed by atoms with Crippen molar-refractivity contribution in [3.05, 3.63) is 45.9 Å². The van der Waals surface area contributed by atoms with Crippen molar-refractivity contribution in [3.8, 4) is 17.1 Å².